The van der Waals surface area contributed by atoms with Gasteiger partial charge in [0, 0.05) is 0 Å². The molecule has 1 unspecified atom stereocenters. The molecule has 0 N–H and O–H groups in total. The molecule has 0 fully saturated rings. The van der Waals surface area contributed by atoms with Gasteiger partial charge < -0.3 is 9.47 Å². The molecule has 1 atom stereocenters. The second-order valence-corrected chi connectivity index (χ2v) is 5.53. The van der Waals surface area contributed by atoms with Crippen molar-refractivity contribution in [1.82, 2.24) is 0 Å². The largest absolute Gasteiger partial charge is 0.454 e. The molecule has 0 radical (unpaired) electrons. The Hall–Kier alpha value is -2.00. The van der Waals surface area contributed by atoms with E-state index in [2.05, 4.69) is 0 Å². The molecule has 3 nitrogen and oxygen atoms in total. The zero-order valence-corrected chi connectivity index (χ0v) is 12.4. The van der Waals surface area contributed by atoms with Gasteiger partial charge >= 0.3 is 0 Å². The minimum Gasteiger partial charge on any atom is -0.454 e. The Morgan fingerprint density at radius 3 is 2.57 bits per heavy atom. The van der Waals surface area contributed by atoms with Crippen LogP contribution in [-0.4, -0.2) is 12.0 Å². The van der Waals surface area contributed by atoms with Crippen molar-refractivity contribution >= 4 is 16.8 Å². The molecule has 21 heavy (non-hydrogen) atoms. The van der Waals surface area contributed by atoms with Gasteiger partial charge in [-0.1, -0.05) is 35.9 Å². The van der Waals surface area contributed by atoms with E-state index in [1.165, 1.54) is 0 Å². The number of carbonyl (C=O) groups is 1. The van der Waals surface area contributed by atoms with Crippen LogP contribution in [0.4, 0.5) is 0 Å². The summed E-state index contributed by atoms with van der Waals surface area (Å²) in [5.74, 6) is 1.10. The van der Waals surface area contributed by atoms with Crippen molar-refractivity contribution in [1.29, 1.82) is 0 Å². The van der Waals surface area contributed by atoms with E-state index in [1.807, 2.05) is 49.4 Å². The second-order valence-electron chi connectivity index (χ2n) is 5.16. The highest BCUT2D eigenvalue weighted by molar-refractivity contribution is 6.64. The Balaban J connectivity index is 1.85. The van der Waals surface area contributed by atoms with E-state index >= 15 is 0 Å². The zero-order valence-electron chi connectivity index (χ0n) is 11.6. The minimum absolute atomic E-state index is 0.245. The maximum absolute atomic E-state index is 11.8. The maximum atomic E-state index is 11.8. The molecule has 3 rings (SSSR count). The lowest BCUT2D eigenvalue weighted by Gasteiger charge is -2.14. The van der Waals surface area contributed by atoms with Crippen molar-refractivity contribution in [2.45, 2.75) is 19.3 Å². The van der Waals surface area contributed by atoms with Gasteiger partial charge in [-0.15, -0.1) is 0 Å². The highest BCUT2D eigenvalue weighted by atomic mass is 35.5. The third kappa shape index (κ3) is 3.03. The molecule has 1 heterocycles. The van der Waals surface area contributed by atoms with Crippen LogP contribution in [0, 0.1) is 6.92 Å². The third-order valence-corrected chi connectivity index (χ3v) is 3.89. The fourth-order valence-corrected chi connectivity index (χ4v) is 2.63. The minimum atomic E-state index is -0.354. The number of benzene rings is 2. The Morgan fingerprint density at radius 2 is 1.86 bits per heavy atom. The van der Waals surface area contributed by atoms with E-state index in [9.17, 15) is 4.79 Å². The van der Waals surface area contributed by atoms with Crippen molar-refractivity contribution < 1.29 is 14.3 Å². The summed E-state index contributed by atoms with van der Waals surface area (Å²) in [6, 6.07) is 13.6. The molecule has 108 valence electrons. The lowest BCUT2D eigenvalue weighted by atomic mass is 9.92. The number of carbonyl (C=O) groups excluding carboxylic acids is 1. The summed E-state index contributed by atoms with van der Waals surface area (Å²) >= 11 is 5.79. The Morgan fingerprint density at radius 1 is 1.14 bits per heavy atom. The first-order chi connectivity index (χ1) is 10.1. The number of rotatable bonds is 4. The summed E-state index contributed by atoms with van der Waals surface area (Å²) in [5, 5.41) is -0.350. The standard InChI is InChI=1S/C17H15ClO3/c1-11-2-5-13(6-3-11)14(17(18)19)8-12-4-7-15-16(9-12)21-10-20-15/h2-7,9,14H,8,10H2,1H3. The van der Waals surface area contributed by atoms with E-state index < -0.39 is 0 Å². The van der Waals surface area contributed by atoms with Crippen LogP contribution < -0.4 is 9.47 Å². The first-order valence-electron chi connectivity index (χ1n) is 6.78. The highest BCUT2D eigenvalue weighted by Gasteiger charge is 2.21. The quantitative estimate of drug-likeness (QED) is 0.806. The molecular weight excluding hydrogens is 288 g/mol. The number of hydrogen-bond donors (Lipinski definition) is 0. The number of aryl methyl sites for hydroxylation is 1. The van der Waals surface area contributed by atoms with Gasteiger partial charge in [0.2, 0.25) is 12.0 Å². The Labute approximate surface area is 128 Å². The van der Waals surface area contributed by atoms with Crippen LogP contribution in [0.2, 0.25) is 0 Å². The van der Waals surface area contributed by atoms with Crippen LogP contribution >= 0.6 is 11.6 Å². The lowest BCUT2D eigenvalue weighted by molar-refractivity contribution is -0.113. The summed E-state index contributed by atoms with van der Waals surface area (Å²) in [4.78, 5) is 11.8. The van der Waals surface area contributed by atoms with Crippen molar-refractivity contribution in [3.63, 3.8) is 0 Å². The molecule has 0 aliphatic carbocycles. The van der Waals surface area contributed by atoms with Gasteiger partial charge in [-0.25, -0.2) is 0 Å². The average Bonchev–Trinajstić information content (AvgIpc) is 2.93. The van der Waals surface area contributed by atoms with Gasteiger partial charge in [-0.2, -0.15) is 0 Å². The van der Waals surface area contributed by atoms with Gasteiger partial charge in [0.05, 0.1) is 5.92 Å². The molecule has 0 saturated carbocycles. The van der Waals surface area contributed by atoms with Gasteiger partial charge in [0.1, 0.15) is 0 Å². The SMILES string of the molecule is Cc1ccc(C(Cc2ccc3c(c2)OCO3)C(=O)Cl)cc1. The van der Waals surface area contributed by atoms with Crippen molar-refractivity contribution in [2.24, 2.45) is 0 Å². The number of hydrogen-bond acceptors (Lipinski definition) is 3. The average molecular weight is 303 g/mol. The smallest absolute Gasteiger partial charge is 0.231 e. The number of fused-ring (bicyclic) bond motifs is 1. The van der Waals surface area contributed by atoms with E-state index in [-0.39, 0.29) is 18.0 Å². The highest BCUT2D eigenvalue weighted by Crippen LogP contribution is 2.34. The van der Waals surface area contributed by atoms with Crippen molar-refractivity contribution in [3.05, 3.63) is 59.2 Å². The van der Waals surface area contributed by atoms with E-state index in [4.69, 9.17) is 21.1 Å². The molecule has 0 spiro atoms. The first kappa shape index (κ1) is 14.0. The normalized spacial score (nSPS) is 14.0. The molecular formula is C17H15ClO3. The second kappa shape index (κ2) is 5.78. The monoisotopic (exact) mass is 302 g/mol. The molecule has 0 bridgehead atoms. The van der Waals surface area contributed by atoms with E-state index in [1.54, 1.807) is 0 Å². The fraction of sp³-hybridized carbons (Fsp3) is 0.235. The van der Waals surface area contributed by atoms with Crippen LogP contribution in [0.15, 0.2) is 42.5 Å². The summed E-state index contributed by atoms with van der Waals surface area (Å²) in [6.07, 6.45) is 0.544. The molecule has 2 aromatic rings. The van der Waals surface area contributed by atoms with Crippen molar-refractivity contribution in [3.8, 4) is 11.5 Å². The Kier molecular flexibility index (Phi) is 3.84. The number of ether oxygens (including phenoxy) is 2. The molecule has 0 amide bonds. The summed E-state index contributed by atoms with van der Waals surface area (Å²) < 4.78 is 10.7. The maximum Gasteiger partial charge on any atom is 0.231 e. The van der Waals surface area contributed by atoms with E-state index in [0.717, 1.165) is 28.2 Å². The van der Waals surface area contributed by atoms with Crippen molar-refractivity contribution in [2.75, 3.05) is 6.79 Å². The fourth-order valence-electron chi connectivity index (χ4n) is 2.43. The third-order valence-electron chi connectivity index (χ3n) is 3.63. The molecule has 0 saturated heterocycles. The molecule has 4 heteroatoms. The van der Waals surface area contributed by atoms with Crippen LogP contribution in [0.3, 0.4) is 0 Å². The van der Waals surface area contributed by atoms with Gasteiger partial charge in [-0.05, 0) is 48.2 Å². The molecule has 1 aliphatic rings. The predicted octanol–water partition coefficient (Wildman–Crippen LogP) is 3.82. The summed E-state index contributed by atoms with van der Waals surface area (Å²) in [5.41, 5.74) is 3.08. The van der Waals surface area contributed by atoms with Gasteiger partial charge in [0.15, 0.2) is 11.5 Å². The number of halogens is 1. The molecule has 1 aliphatic heterocycles. The zero-order chi connectivity index (χ0) is 14.8. The predicted molar refractivity (Wildman–Crippen MR) is 81.0 cm³/mol. The summed E-state index contributed by atoms with van der Waals surface area (Å²) in [6.45, 7) is 2.26. The van der Waals surface area contributed by atoms with Gasteiger partial charge in [0.25, 0.3) is 0 Å². The van der Waals surface area contributed by atoms with Crippen LogP contribution in [0.5, 0.6) is 11.5 Å². The molecule has 0 aromatic heterocycles. The molecule has 2 aromatic carbocycles. The van der Waals surface area contributed by atoms with Crippen LogP contribution in [-0.2, 0) is 11.2 Å². The van der Waals surface area contributed by atoms with E-state index in [0.29, 0.717) is 6.42 Å². The van der Waals surface area contributed by atoms with Crippen LogP contribution in [0.1, 0.15) is 22.6 Å². The summed E-state index contributed by atoms with van der Waals surface area (Å²) in [7, 11) is 0. The lowest BCUT2D eigenvalue weighted by Crippen LogP contribution is -2.10. The first-order valence-corrected chi connectivity index (χ1v) is 7.16. The van der Waals surface area contributed by atoms with Crippen LogP contribution in [0.25, 0.3) is 0 Å². The van der Waals surface area contributed by atoms with Gasteiger partial charge in [-0.3, -0.25) is 4.79 Å². The Bertz CT molecular complexity index is 664. The topological polar surface area (TPSA) is 35.5 Å².